The van der Waals surface area contributed by atoms with E-state index >= 15 is 0 Å². The van der Waals surface area contributed by atoms with Crippen LogP contribution in [0.2, 0.25) is 10.0 Å². The van der Waals surface area contributed by atoms with E-state index in [1.807, 2.05) is 56.3 Å². The van der Waals surface area contributed by atoms with Crippen LogP contribution in [-0.2, 0) is 32.6 Å². The number of nitrogens with zero attached hydrogens (tertiary/aromatic N) is 2. The number of hydrogen-bond donors (Lipinski definition) is 1. The molecule has 0 aliphatic rings. The minimum absolute atomic E-state index is 0.0145. The number of rotatable bonds is 12. The topological polar surface area (TPSA) is 86.8 Å². The van der Waals surface area contributed by atoms with Gasteiger partial charge in [0.2, 0.25) is 21.8 Å². The zero-order chi connectivity index (χ0) is 29.4. The van der Waals surface area contributed by atoms with Gasteiger partial charge in [-0.15, -0.1) is 0 Å². The molecule has 0 aromatic heterocycles. The number of carbonyl (C=O) groups is 2. The molecule has 0 spiro atoms. The predicted molar refractivity (Wildman–Crippen MR) is 162 cm³/mol. The molecular weight excluding hydrogens is 569 g/mol. The van der Waals surface area contributed by atoms with Crippen LogP contribution in [0.4, 0.5) is 5.69 Å². The zero-order valence-electron chi connectivity index (χ0n) is 23.1. The molecule has 3 aromatic carbocycles. The van der Waals surface area contributed by atoms with Gasteiger partial charge in [-0.3, -0.25) is 13.9 Å². The molecule has 0 aliphatic heterocycles. The number of benzene rings is 3. The van der Waals surface area contributed by atoms with Crippen molar-refractivity contribution in [1.29, 1.82) is 0 Å². The molecule has 0 heterocycles. The minimum atomic E-state index is -3.86. The molecule has 40 heavy (non-hydrogen) atoms. The number of carbonyl (C=O) groups excluding carboxylic acids is 2. The number of nitrogens with one attached hydrogen (secondary N) is 1. The summed E-state index contributed by atoms with van der Waals surface area (Å²) in [5.74, 6) is -0.874. The lowest BCUT2D eigenvalue weighted by atomic mass is 10.0. The molecule has 2 amide bonds. The molecular formula is C30H35Cl2N3O4S. The fourth-order valence-electron chi connectivity index (χ4n) is 4.48. The van der Waals surface area contributed by atoms with Crippen molar-refractivity contribution in [2.45, 2.75) is 45.7 Å². The fourth-order valence-corrected chi connectivity index (χ4v) is 5.81. The van der Waals surface area contributed by atoms with Crippen molar-refractivity contribution >= 4 is 50.7 Å². The van der Waals surface area contributed by atoms with E-state index in [1.165, 1.54) is 4.90 Å². The maximum absolute atomic E-state index is 14.1. The molecule has 3 aromatic rings. The lowest BCUT2D eigenvalue weighted by Gasteiger charge is -2.34. The van der Waals surface area contributed by atoms with Crippen LogP contribution in [0.25, 0.3) is 0 Å². The van der Waals surface area contributed by atoms with E-state index in [1.54, 1.807) is 37.3 Å². The Kier molecular flexibility index (Phi) is 11.0. The highest BCUT2D eigenvalue weighted by Crippen LogP contribution is 2.30. The van der Waals surface area contributed by atoms with Gasteiger partial charge in [0.15, 0.2) is 0 Å². The number of amides is 2. The van der Waals surface area contributed by atoms with Crippen molar-refractivity contribution in [2.75, 3.05) is 23.7 Å². The molecule has 214 valence electrons. The predicted octanol–water partition coefficient (Wildman–Crippen LogP) is 5.66. The number of likely N-dealkylation sites (N-methyl/N-ethyl adjacent to an activating group) is 1. The first-order valence-corrected chi connectivity index (χ1v) is 15.6. The van der Waals surface area contributed by atoms with E-state index in [-0.39, 0.29) is 24.8 Å². The highest BCUT2D eigenvalue weighted by molar-refractivity contribution is 7.92. The van der Waals surface area contributed by atoms with E-state index in [9.17, 15) is 18.0 Å². The van der Waals surface area contributed by atoms with E-state index in [0.29, 0.717) is 27.8 Å². The van der Waals surface area contributed by atoms with Crippen molar-refractivity contribution in [2.24, 2.45) is 0 Å². The highest BCUT2D eigenvalue weighted by Gasteiger charge is 2.33. The number of halogens is 2. The van der Waals surface area contributed by atoms with Gasteiger partial charge in [-0.25, -0.2) is 8.42 Å². The van der Waals surface area contributed by atoms with Gasteiger partial charge in [0.1, 0.15) is 12.6 Å². The Morgan fingerprint density at radius 3 is 2.20 bits per heavy atom. The van der Waals surface area contributed by atoms with Crippen LogP contribution < -0.4 is 9.62 Å². The second-order valence-corrected chi connectivity index (χ2v) is 12.6. The van der Waals surface area contributed by atoms with E-state index < -0.39 is 28.5 Å². The third-order valence-electron chi connectivity index (χ3n) is 6.48. The van der Waals surface area contributed by atoms with Gasteiger partial charge in [-0.2, -0.15) is 0 Å². The summed E-state index contributed by atoms with van der Waals surface area (Å²) in [6.45, 7) is 5.58. The van der Waals surface area contributed by atoms with E-state index in [4.69, 9.17) is 23.2 Å². The van der Waals surface area contributed by atoms with Gasteiger partial charge in [-0.05, 0) is 47.7 Å². The molecule has 3 rings (SSSR count). The number of sulfonamides is 1. The lowest BCUT2D eigenvalue weighted by molar-refractivity contribution is -0.140. The monoisotopic (exact) mass is 603 g/mol. The first-order valence-electron chi connectivity index (χ1n) is 13.0. The quantitative estimate of drug-likeness (QED) is 0.289. The summed E-state index contributed by atoms with van der Waals surface area (Å²) >= 11 is 12.6. The fraction of sp³-hybridized carbons (Fsp3) is 0.333. The van der Waals surface area contributed by atoms with Crippen LogP contribution in [0, 0.1) is 0 Å². The summed E-state index contributed by atoms with van der Waals surface area (Å²) in [6, 6.07) is 20.5. The van der Waals surface area contributed by atoms with Crippen LogP contribution in [0.3, 0.4) is 0 Å². The van der Waals surface area contributed by atoms with Crippen molar-refractivity contribution in [3.63, 3.8) is 0 Å². The first kappa shape index (κ1) is 31.5. The third kappa shape index (κ3) is 8.22. The second kappa shape index (κ2) is 14.0. The molecule has 0 bridgehead atoms. The van der Waals surface area contributed by atoms with E-state index in [2.05, 4.69) is 5.32 Å². The van der Waals surface area contributed by atoms with Crippen LogP contribution in [-0.4, -0.2) is 50.5 Å². The molecule has 10 heteroatoms. The Morgan fingerprint density at radius 1 is 0.950 bits per heavy atom. The summed E-state index contributed by atoms with van der Waals surface area (Å²) in [7, 11) is -3.86. The molecule has 0 radical (unpaired) electrons. The largest absolute Gasteiger partial charge is 0.355 e. The Labute approximate surface area is 247 Å². The normalized spacial score (nSPS) is 12.2. The Morgan fingerprint density at radius 2 is 1.60 bits per heavy atom. The summed E-state index contributed by atoms with van der Waals surface area (Å²) in [5, 5.41) is 3.60. The zero-order valence-corrected chi connectivity index (χ0v) is 25.4. The molecule has 7 nitrogen and oxygen atoms in total. The maximum Gasteiger partial charge on any atom is 0.244 e. The number of para-hydroxylation sites is 1. The highest BCUT2D eigenvalue weighted by atomic mass is 35.5. The second-order valence-electron chi connectivity index (χ2n) is 9.84. The van der Waals surface area contributed by atoms with Crippen molar-refractivity contribution in [1.82, 2.24) is 10.2 Å². The summed E-state index contributed by atoms with van der Waals surface area (Å²) in [5.41, 5.74) is 2.65. The summed E-state index contributed by atoms with van der Waals surface area (Å²) in [4.78, 5) is 29.0. The lowest BCUT2D eigenvalue weighted by Crippen LogP contribution is -2.53. The molecule has 1 N–H and O–H groups in total. The van der Waals surface area contributed by atoms with Gasteiger partial charge in [0.05, 0.1) is 11.9 Å². The average Bonchev–Trinajstić information content (AvgIpc) is 2.90. The van der Waals surface area contributed by atoms with Gasteiger partial charge in [0, 0.05) is 29.6 Å². The molecule has 0 aliphatic carbocycles. The van der Waals surface area contributed by atoms with Crippen LogP contribution in [0.5, 0.6) is 0 Å². The van der Waals surface area contributed by atoms with Gasteiger partial charge >= 0.3 is 0 Å². The standard InChI is InChI=1S/C30H35Cl2N3O4S/c1-5-33-30(37)28(17-22-11-7-6-8-12-22)34(19-23-15-16-24(31)18-26(23)32)29(36)20-35(40(4,38)39)27-14-10-9-13-25(27)21(2)3/h6-16,18,21,28H,5,17,19-20H2,1-4H3,(H,33,37)/t28-/m1/s1. The van der Waals surface area contributed by atoms with Crippen molar-refractivity contribution in [3.05, 3.63) is 99.5 Å². The van der Waals surface area contributed by atoms with Crippen LogP contribution >= 0.6 is 23.2 Å². The van der Waals surface area contributed by atoms with Gasteiger partial charge < -0.3 is 10.2 Å². The Balaban J connectivity index is 2.10. The molecule has 0 saturated carbocycles. The van der Waals surface area contributed by atoms with Gasteiger partial charge in [0.25, 0.3) is 0 Å². The van der Waals surface area contributed by atoms with Crippen molar-refractivity contribution in [3.8, 4) is 0 Å². The molecule has 1 atom stereocenters. The maximum atomic E-state index is 14.1. The average molecular weight is 605 g/mol. The third-order valence-corrected chi connectivity index (χ3v) is 8.20. The Bertz CT molecular complexity index is 1430. The molecule has 0 unspecified atom stereocenters. The Hall–Kier alpha value is -3.07. The smallest absolute Gasteiger partial charge is 0.244 e. The minimum Gasteiger partial charge on any atom is -0.355 e. The summed E-state index contributed by atoms with van der Waals surface area (Å²) in [6.07, 6.45) is 1.30. The molecule has 0 saturated heterocycles. The summed E-state index contributed by atoms with van der Waals surface area (Å²) < 4.78 is 27.2. The van der Waals surface area contributed by atoms with Crippen LogP contribution in [0.15, 0.2) is 72.8 Å². The molecule has 0 fully saturated rings. The first-order chi connectivity index (χ1) is 18.9. The SMILES string of the molecule is CCNC(=O)[C@@H](Cc1ccccc1)N(Cc1ccc(Cl)cc1Cl)C(=O)CN(c1ccccc1C(C)C)S(C)(=O)=O. The van der Waals surface area contributed by atoms with Gasteiger partial charge in [-0.1, -0.05) is 91.6 Å². The van der Waals surface area contributed by atoms with E-state index in [0.717, 1.165) is 21.7 Å². The number of anilines is 1. The van der Waals surface area contributed by atoms with Crippen LogP contribution in [0.1, 0.15) is 43.4 Å². The van der Waals surface area contributed by atoms with Crippen molar-refractivity contribution < 1.29 is 18.0 Å². The number of hydrogen-bond acceptors (Lipinski definition) is 4.